The summed E-state index contributed by atoms with van der Waals surface area (Å²) in [7, 11) is 3.97. The van der Waals surface area contributed by atoms with Gasteiger partial charge in [-0.25, -0.2) is 0 Å². The van der Waals surface area contributed by atoms with Crippen molar-refractivity contribution in [3.8, 4) is 0 Å². The molecule has 0 aliphatic heterocycles. The first-order chi connectivity index (χ1) is 8.33. The molecular weight excluding hydrogens is 304 g/mol. The molecular formula is C12H19BrO5. The summed E-state index contributed by atoms with van der Waals surface area (Å²) in [6.07, 6.45) is -0.0388. The van der Waals surface area contributed by atoms with Crippen molar-refractivity contribution >= 4 is 27.9 Å². The van der Waals surface area contributed by atoms with E-state index in [-0.39, 0.29) is 18.9 Å². The Hall–Kier alpha value is -0.880. The smallest absolute Gasteiger partial charge is 0.323 e. The highest BCUT2D eigenvalue weighted by molar-refractivity contribution is 9.11. The second-order valence-corrected chi connectivity index (χ2v) is 5.13. The fourth-order valence-corrected chi connectivity index (χ4v) is 2.24. The van der Waals surface area contributed by atoms with E-state index < -0.39 is 17.4 Å². The lowest BCUT2D eigenvalue weighted by Gasteiger charge is -2.29. The Morgan fingerprint density at radius 3 is 1.94 bits per heavy atom. The van der Waals surface area contributed by atoms with Crippen LogP contribution in [-0.2, 0) is 23.8 Å². The Morgan fingerprint density at radius 1 is 1.22 bits per heavy atom. The molecule has 0 amide bonds. The molecule has 0 rings (SSSR count). The van der Waals surface area contributed by atoms with Crippen LogP contribution in [0.1, 0.15) is 19.8 Å². The van der Waals surface area contributed by atoms with Gasteiger partial charge >= 0.3 is 11.9 Å². The Balaban J connectivity index is 5.45. The maximum atomic E-state index is 12.0. The minimum atomic E-state index is -1.43. The van der Waals surface area contributed by atoms with E-state index >= 15 is 0 Å². The van der Waals surface area contributed by atoms with Crippen molar-refractivity contribution in [3.05, 3.63) is 11.1 Å². The number of rotatable bonds is 7. The standard InChI is InChI=1S/C12H19BrO5/c1-8(13)6-12(10(14)17-4,11(15)18-5)7-9(2)16-3/h9H,1,6-7H2,2-5H3. The van der Waals surface area contributed by atoms with Crippen molar-refractivity contribution in [3.63, 3.8) is 0 Å². The number of esters is 2. The minimum absolute atomic E-state index is 0.0973. The first-order valence-electron chi connectivity index (χ1n) is 5.37. The van der Waals surface area contributed by atoms with Crippen molar-refractivity contribution in [2.45, 2.75) is 25.9 Å². The zero-order chi connectivity index (χ0) is 14.3. The normalized spacial score (nSPS) is 12.7. The highest BCUT2D eigenvalue weighted by atomic mass is 79.9. The van der Waals surface area contributed by atoms with Crippen molar-refractivity contribution in [1.29, 1.82) is 0 Å². The third-order valence-corrected chi connectivity index (χ3v) is 2.96. The molecule has 0 spiro atoms. The Morgan fingerprint density at radius 2 is 1.67 bits per heavy atom. The van der Waals surface area contributed by atoms with Crippen LogP contribution in [0.5, 0.6) is 0 Å². The largest absolute Gasteiger partial charge is 0.468 e. The van der Waals surface area contributed by atoms with E-state index in [4.69, 9.17) is 14.2 Å². The monoisotopic (exact) mass is 322 g/mol. The number of carbonyl (C=O) groups is 2. The summed E-state index contributed by atoms with van der Waals surface area (Å²) in [6, 6.07) is 0. The van der Waals surface area contributed by atoms with Crippen LogP contribution in [0, 0.1) is 5.41 Å². The van der Waals surface area contributed by atoms with E-state index in [9.17, 15) is 9.59 Å². The lowest BCUT2D eigenvalue weighted by molar-refractivity contribution is -0.171. The highest BCUT2D eigenvalue weighted by Gasteiger charge is 2.49. The fourth-order valence-electron chi connectivity index (χ4n) is 1.76. The topological polar surface area (TPSA) is 61.8 Å². The Kier molecular flexibility index (Phi) is 7.16. The summed E-state index contributed by atoms with van der Waals surface area (Å²) in [4.78, 5) is 24.0. The number of hydrogen-bond acceptors (Lipinski definition) is 5. The number of halogens is 1. The van der Waals surface area contributed by atoms with Crippen LogP contribution in [0.4, 0.5) is 0 Å². The lowest BCUT2D eigenvalue weighted by atomic mass is 9.79. The minimum Gasteiger partial charge on any atom is -0.468 e. The van der Waals surface area contributed by atoms with Crippen LogP contribution in [0.25, 0.3) is 0 Å². The fraction of sp³-hybridized carbons (Fsp3) is 0.667. The van der Waals surface area contributed by atoms with Gasteiger partial charge in [0.1, 0.15) is 0 Å². The summed E-state index contributed by atoms with van der Waals surface area (Å²) in [5.41, 5.74) is -1.43. The number of ether oxygens (including phenoxy) is 3. The molecule has 0 N–H and O–H groups in total. The molecule has 0 aromatic carbocycles. The van der Waals surface area contributed by atoms with Crippen LogP contribution < -0.4 is 0 Å². The summed E-state index contributed by atoms with van der Waals surface area (Å²) in [5, 5.41) is 0. The number of allylic oxidation sites excluding steroid dienone is 1. The van der Waals surface area contributed by atoms with Gasteiger partial charge in [-0.1, -0.05) is 22.5 Å². The molecule has 5 nitrogen and oxygen atoms in total. The van der Waals surface area contributed by atoms with E-state index in [0.29, 0.717) is 4.48 Å². The lowest BCUT2D eigenvalue weighted by Crippen LogP contribution is -2.43. The van der Waals surface area contributed by atoms with Crippen LogP contribution >= 0.6 is 15.9 Å². The molecule has 0 saturated heterocycles. The average Bonchev–Trinajstić information content (AvgIpc) is 2.34. The molecule has 0 aliphatic carbocycles. The van der Waals surface area contributed by atoms with Crippen molar-refractivity contribution in [2.75, 3.05) is 21.3 Å². The van der Waals surface area contributed by atoms with Gasteiger partial charge in [-0.3, -0.25) is 9.59 Å². The SMILES string of the molecule is C=C(Br)CC(CC(C)OC)(C(=O)OC)C(=O)OC. The zero-order valence-electron chi connectivity index (χ0n) is 11.1. The van der Waals surface area contributed by atoms with Crippen LogP contribution in [0.2, 0.25) is 0 Å². The molecule has 0 radical (unpaired) electrons. The third-order valence-electron chi connectivity index (χ3n) is 2.68. The zero-order valence-corrected chi connectivity index (χ0v) is 12.7. The molecule has 1 atom stereocenters. The molecule has 0 saturated carbocycles. The Labute approximate surface area is 116 Å². The summed E-state index contributed by atoms with van der Waals surface area (Å²) in [6.45, 7) is 5.43. The first kappa shape index (κ1) is 17.1. The Bertz CT molecular complexity index is 310. The maximum absolute atomic E-state index is 12.0. The predicted octanol–water partition coefficient (Wildman–Crippen LogP) is 2.04. The van der Waals surface area contributed by atoms with Crippen molar-refractivity contribution < 1.29 is 23.8 Å². The second kappa shape index (κ2) is 7.53. The molecule has 0 bridgehead atoms. The number of carbonyl (C=O) groups excluding carboxylic acids is 2. The molecule has 0 aromatic rings. The summed E-state index contributed by atoms with van der Waals surface area (Å²) in [5.74, 6) is -1.31. The summed E-state index contributed by atoms with van der Waals surface area (Å²) >= 11 is 3.17. The highest BCUT2D eigenvalue weighted by Crippen LogP contribution is 2.36. The van der Waals surface area contributed by atoms with E-state index in [2.05, 4.69) is 22.5 Å². The second-order valence-electron chi connectivity index (χ2n) is 4.01. The van der Waals surface area contributed by atoms with Crippen LogP contribution in [0.15, 0.2) is 11.1 Å². The van der Waals surface area contributed by atoms with Gasteiger partial charge in [-0.05, 0) is 11.4 Å². The van der Waals surface area contributed by atoms with Crippen LogP contribution in [-0.4, -0.2) is 39.4 Å². The van der Waals surface area contributed by atoms with Crippen LogP contribution in [0.3, 0.4) is 0 Å². The molecule has 1 unspecified atom stereocenters. The van der Waals surface area contributed by atoms with E-state index in [1.54, 1.807) is 6.92 Å². The van der Waals surface area contributed by atoms with Gasteiger partial charge in [0.25, 0.3) is 0 Å². The molecule has 104 valence electrons. The number of methoxy groups -OCH3 is 3. The van der Waals surface area contributed by atoms with Gasteiger partial charge in [0, 0.05) is 20.0 Å². The van der Waals surface area contributed by atoms with E-state index in [1.165, 1.54) is 21.3 Å². The molecule has 6 heteroatoms. The van der Waals surface area contributed by atoms with Crippen molar-refractivity contribution in [1.82, 2.24) is 0 Å². The molecule has 0 fully saturated rings. The van der Waals surface area contributed by atoms with Gasteiger partial charge in [-0.2, -0.15) is 0 Å². The van der Waals surface area contributed by atoms with Gasteiger partial charge in [-0.15, -0.1) is 0 Å². The number of hydrogen-bond donors (Lipinski definition) is 0. The van der Waals surface area contributed by atoms with Gasteiger partial charge in [0.2, 0.25) is 0 Å². The predicted molar refractivity (Wildman–Crippen MR) is 70.2 cm³/mol. The van der Waals surface area contributed by atoms with E-state index in [0.717, 1.165) is 0 Å². The molecule has 0 aliphatic rings. The van der Waals surface area contributed by atoms with E-state index in [1.807, 2.05) is 0 Å². The quantitative estimate of drug-likeness (QED) is 0.530. The molecule has 18 heavy (non-hydrogen) atoms. The molecule has 0 heterocycles. The van der Waals surface area contributed by atoms with Gasteiger partial charge in [0.15, 0.2) is 5.41 Å². The van der Waals surface area contributed by atoms with Gasteiger partial charge < -0.3 is 14.2 Å². The van der Waals surface area contributed by atoms with Gasteiger partial charge in [0.05, 0.1) is 20.3 Å². The first-order valence-corrected chi connectivity index (χ1v) is 6.16. The average molecular weight is 323 g/mol. The third kappa shape index (κ3) is 4.10. The summed E-state index contributed by atoms with van der Waals surface area (Å²) < 4.78 is 15.1. The molecule has 0 aromatic heterocycles. The maximum Gasteiger partial charge on any atom is 0.323 e. The van der Waals surface area contributed by atoms with Crippen molar-refractivity contribution in [2.24, 2.45) is 5.41 Å².